The minimum atomic E-state index is -0.278. The van der Waals surface area contributed by atoms with E-state index in [0.29, 0.717) is 41.7 Å². The molecule has 0 aliphatic rings. The van der Waals surface area contributed by atoms with Gasteiger partial charge in [0.15, 0.2) is 0 Å². The number of carbonyl (C=O) groups excluding carboxylic acids is 1. The standard InChI is InChI=1S/C12H17Cl2N3O2/c1-3-17(14)5-4-16-12(18)8-6-9(13)10(15)7-11(8)19-2/h6-7H,3-5,15H2,1-2H3,(H,16,18). The topological polar surface area (TPSA) is 67.6 Å². The number of likely N-dealkylation sites (N-methyl/N-ethyl adjacent to an activating group) is 1. The molecule has 0 fully saturated rings. The second-order valence-electron chi connectivity index (χ2n) is 3.83. The van der Waals surface area contributed by atoms with Crippen molar-refractivity contribution in [2.24, 2.45) is 0 Å². The van der Waals surface area contributed by atoms with E-state index in [1.165, 1.54) is 19.2 Å². The van der Waals surface area contributed by atoms with Crippen LogP contribution in [0, 0.1) is 0 Å². The molecule has 0 atom stereocenters. The van der Waals surface area contributed by atoms with E-state index in [4.69, 9.17) is 33.8 Å². The van der Waals surface area contributed by atoms with Crippen LogP contribution in [0.4, 0.5) is 5.69 Å². The fraction of sp³-hybridized carbons (Fsp3) is 0.417. The van der Waals surface area contributed by atoms with Gasteiger partial charge in [-0.15, -0.1) is 0 Å². The Morgan fingerprint density at radius 1 is 1.53 bits per heavy atom. The van der Waals surface area contributed by atoms with Crippen molar-refractivity contribution in [1.82, 2.24) is 9.74 Å². The van der Waals surface area contributed by atoms with Crippen molar-refractivity contribution >= 4 is 35.0 Å². The molecular weight excluding hydrogens is 289 g/mol. The summed E-state index contributed by atoms with van der Waals surface area (Å²) in [5, 5.41) is 3.06. The summed E-state index contributed by atoms with van der Waals surface area (Å²) < 4.78 is 6.69. The number of nitrogen functional groups attached to an aromatic ring is 1. The van der Waals surface area contributed by atoms with E-state index in [0.717, 1.165) is 0 Å². The molecule has 0 saturated heterocycles. The molecule has 0 heterocycles. The van der Waals surface area contributed by atoms with Crippen LogP contribution in [0.3, 0.4) is 0 Å². The zero-order valence-corrected chi connectivity index (χ0v) is 12.4. The molecule has 7 heteroatoms. The molecule has 0 radical (unpaired) electrons. The lowest BCUT2D eigenvalue weighted by Gasteiger charge is -2.13. The van der Waals surface area contributed by atoms with Gasteiger partial charge < -0.3 is 15.8 Å². The molecule has 1 aromatic carbocycles. The molecule has 0 aromatic heterocycles. The van der Waals surface area contributed by atoms with Crippen LogP contribution < -0.4 is 15.8 Å². The van der Waals surface area contributed by atoms with Crippen molar-refractivity contribution < 1.29 is 9.53 Å². The smallest absolute Gasteiger partial charge is 0.255 e. The molecule has 0 aliphatic carbocycles. The van der Waals surface area contributed by atoms with Crippen LogP contribution in [0.2, 0.25) is 5.02 Å². The van der Waals surface area contributed by atoms with E-state index >= 15 is 0 Å². The molecule has 19 heavy (non-hydrogen) atoms. The Morgan fingerprint density at radius 3 is 2.79 bits per heavy atom. The predicted molar refractivity (Wildman–Crippen MR) is 77.8 cm³/mol. The maximum atomic E-state index is 12.0. The van der Waals surface area contributed by atoms with Crippen LogP contribution in [0.1, 0.15) is 17.3 Å². The number of rotatable bonds is 6. The molecule has 0 aliphatic heterocycles. The fourth-order valence-electron chi connectivity index (χ4n) is 1.46. The third-order valence-corrected chi connectivity index (χ3v) is 3.28. The normalized spacial score (nSPS) is 10.6. The lowest BCUT2D eigenvalue weighted by molar-refractivity contribution is 0.0949. The van der Waals surface area contributed by atoms with Gasteiger partial charge in [0.05, 0.1) is 23.4 Å². The Balaban J connectivity index is 2.73. The Labute approximate surface area is 122 Å². The number of halogens is 2. The number of amides is 1. The van der Waals surface area contributed by atoms with Gasteiger partial charge in [-0.05, 0) is 17.8 Å². The second kappa shape index (κ2) is 7.43. The molecule has 0 bridgehead atoms. The Bertz CT molecular complexity index is 455. The molecule has 106 valence electrons. The molecular formula is C12H17Cl2N3O2. The van der Waals surface area contributed by atoms with Crippen LogP contribution >= 0.6 is 23.4 Å². The maximum absolute atomic E-state index is 12.0. The molecule has 5 nitrogen and oxygen atoms in total. The Kier molecular flexibility index (Phi) is 6.21. The van der Waals surface area contributed by atoms with Gasteiger partial charge in [0, 0.05) is 25.7 Å². The van der Waals surface area contributed by atoms with Crippen LogP contribution in [-0.4, -0.2) is 37.1 Å². The van der Waals surface area contributed by atoms with Crippen molar-refractivity contribution in [3.8, 4) is 5.75 Å². The highest BCUT2D eigenvalue weighted by Crippen LogP contribution is 2.28. The summed E-state index contributed by atoms with van der Waals surface area (Å²) in [6.07, 6.45) is 0. The average Bonchev–Trinajstić information content (AvgIpc) is 2.40. The summed E-state index contributed by atoms with van der Waals surface area (Å²) in [7, 11) is 1.47. The highest BCUT2D eigenvalue weighted by Gasteiger charge is 2.14. The van der Waals surface area contributed by atoms with Gasteiger partial charge >= 0.3 is 0 Å². The largest absolute Gasteiger partial charge is 0.496 e. The first-order valence-electron chi connectivity index (χ1n) is 5.81. The van der Waals surface area contributed by atoms with Gasteiger partial charge in [-0.2, -0.15) is 0 Å². The van der Waals surface area contributed by atoms with E-state index in [2.05, 4.69) is 5.32 Å². The van der Waals surface area contributed by atoms with Crippen LogP contribution in [0.15, 0.2) is 12.1 Å². The van der Waals surface area contributed by atoms with Crippen molar-refractivity contribution in [2.45, 2.75) is 6.92 Å². The zero-order chi connectivity index (χ0) is 14.4. The van der Waals surface area contributed by atoms with Crippen molar-refractivity contribution in [3.05, 3.63) is 22.7 Å². The van der Waals surface area contributed by atoms with Crippen LogP contribution in [0.25, 0.3) is 0 Å². The maximum Gasteiger partial charge on any atom is 0.255 e. The molecule has 0 unspecified atom stereocenters. The van der Waals surface area contributed by atoms with Gasteiger partial charge in [0.2, 0.25) is 0 Å². The van der Waals surface area contributed by atoms with Crippen molar-refractivity contribution in [2.75, 3.05) is 32.5 Å². The summed E-state index contributed by atoms with van der Waals surface area (Å²) in [6, 6.07) is 3.01. The number of benzene rings is 1. The number of hydrogen-bond donors (Lipinski definition) is 2. The first-order chi connectivity index (χ1) is 8.99. The number of ether oxygens (including phenoxy) is 1. The third kappa shape index (κ3) is 4.45. The summed E-state index contributed by atoms with van der Waals surface area (Å²) in [4.78, 5) is 12.0. The number of nitrogens with one attached hydrogen (secondary N) is 1. The van der Waals surface area contributed by atoms with Gasteiger partial charge in [0.25, 0.3) is 5.91 Å². The van der Waals surface area contributed by atoms with Gasteiger partial charge in [-0.3, -0.25) is 4.79 Å². The van der Waals surface area contributed by atoms with Crippen LogP contribution in [0.5, 0.6) is 5.75 Å². The third-order valence-electron chi connectivity index (χ3n) is 2.55. The fourth-order valence-corrected chi connectivity index (χ4v) is 1.71. The van der Waals surface area contributed by atoms with Gasteiger partial charge in [-0.1, -0.05) is 18.5 Å². The van der Waals surface area contributed by atoms with E-state index < -0.39 is 0 Å². The molecule has 0 spiro atoms. The monoisotopic (exact) mass is 305 g/mol. The van der Waals surface area contributed by atoms with Crippen LogP contribution in [-0.2, 0) is 0 Å². The molecule has 1 aromatic rings. The average molecular weight is 306 g/mol. The molecule has 3 N–H and O–H groups in total. The predicted octanol–water partition coefficient (Wildman–Crippen LogP) is 2.14. The minimum Gasteiger partial charge on any atom is -0.496 e. The number of carbonyl (C=O) groups is 1. The SMILES string of the molecule is CCN(Cl)CCNC(=O)c1cc(Cl)c(N)cc1OC. The number of nitrogens with two attached hydrogens (primary N) is 1. The number of methoxy groups -OCH3 is 1. The lowest BCUT2D eigenvalue weighted by Crippen LogP contribution is -2.31. The second-order valence-corrected chi connectivity index (χ2v) is 4.72. The summed E-state index contributed by atoms with van der Waals surface area (Å²) in [5.74, 6) is 0.109. The summed E-state index contributed by atoms with van der Waals surface area (Å²) in [6.45, 7) is 3.61. The lowest BCUT2D eigenvalue weighted by atomic mass is 10.1. The van der Waals surface area contributed by atoms with E-state index in [1.54, 1.807) is 4.42 Å². The first-order valence-corrected chi connectivity index (χ1v) is 6.53. The van der Waals surface area contributed by atoms with E-state index in [-0.39, 0.29) is 5.91 Å². The summed E-state index contributed by atoms with van der Waals surface area (Å²) >= 11 is 11.7. The minimum absolute atomic E-state index is 0.278. The zero-order valence-electron chi connectivity index (χ0n) is 10.9. The summed E-state index contributed by atoms with van der Waals surface area (Å²) in [5.41, 5.74) is 6.37. The van der Waals surface area contributed by atoms with Crippen molar-refractivity contribution in [3.63, 3.8) is 0 Å². The molecule has 0 saturated carbocycles. The number of nitrogens with zero attached hydrogens (tertiary/aromatic N) is 1. The van der Waals surface area contributed by atoms with E-state index in [9.17, 15) is 4.79 Å². The van der Waals surface area contributed by atoms with Gasteiger partial charge in [0.1, 0.15) is 5.75 Å². The molecule has 1 amide bonds. The van der Waals surface area contributed by atoms with E-state index in [1.807, 2.05) is 6.92 Å². The first kappa shape index (κ1) is 15.9. The van der Waals surface area contributed by atoms with Gasteiger partial charge in [-0.25, -0.2) is 4.42 Å². The van der Waals surface area contributed by atoms with Crippen molar-refractivity contribution in [1.29, 1.82) is 0 Å². The highest BCUT2D eigenvalue weighted by atomic mass is 35.5. The number of anilines is 1. The Morgan fingerprint density at radius 2 is 2.21 bits per heavy atom. The quantitative estimate of drug-likeness (QED) is 0.624. The number of hydrogen-bond acceptors (Lipinski definition) is 4. The molecule has 1 rings (SSSR count). The highest BCUT2D eigenvalue weighted by molar-refractivity contribution is 6.33. The Hall–Kier alpha value is -1.17.